The number of nitrogens with one attached hydrogen (secondary N) is 1. The normalized spacial score (nSPS) is 25.0. The minimum atomic E-state index is 0.181. The van der Waals surface area contributed by atoms with Crippen molar-refractivity contribution in [3.05, 3.63) is 0 Å². The van der Waals surface area contributed by atoms with E-state index in [2.05, 4.69) is 39.9 Å². The smallest absolute Gasteiger partial charge is 0.223 e. The van der Waals surface area contributed by atoms with Gasteiger partial charge >= 0.3 is 0 Å². The maximum atomic E-state index is 12.2. The predicted molar refractivity (Wildman–Crippen MR) is 87.9 cm³/mol. The average Bonchev–Trinajstić information content (AvgIpc) is 2.39. The van der Waals surface area contributed by atoms with E-state index < -0.39 is 0 Å². The van der Waals surface area contributed by atoms with Crippen molar-refractivity contribution in [2.45, 2.75) is 73.8 Å². The lowest BCUT2D eigenvalue weighted by atomic mass is 9.77. The summed E-state index contributed by atoms with van der Waals surface area (Å²) in [7, 11) is 1.99. The van der Waals surface area contributed by atoms with Crippen molar-refractivity contribution in [2.75, 3.05) is 20.1 Å². The highest BCUT2D eigenvalue weighted by Crippen LogP contribution is 2.35. The fourth-order valence-electron chi connectivity index (χ4n) is 2.61. The first kappa shape index (κ1) is 19.4. The molecule has 2 unspecified atom stereocenters. The van der Waals surface area contributed by atoms with E-state index in [0.29, 0.717) is 18.4 Å². The zero-order chi connectivity index (χ0) is 16.0. The summed E-state index contributed by atoms with van der Waals surface area (Å²) in [5, 5.41) is 3.35. The Kier molecular flexibility index (Phi) is 7.79. The van der Waals surface area contributed by atoms with Crippen LogP contribution in [0.1, 0.15) is 67.7 Å². The van der Waals surface area contributed by atoms with Gasteiger partial charge in [0.05, 0.1) is 0 Å². The Morgan fingerprint density at radius 2 is 1.90 bits per heavy atom. The van der Waals surface area contributed by atoms with Crippen LogP contribution in [0.2, 0.25) is 0 Å². The van der Waals surface area contributed by atoms with E-state index in [9.17, 15) is 4.79 Å². The standard InChI is InChI=1S/C15H30N2O.C2H6/c1-7-15(5)8-9-17(13(18)10-15)11-12(16-6)14(2,3)4;1-2/h12,16H,7-11H2,1-6H3;1-2H3. The molecule has 0 aromatic carbocycles. The maximum absolute atomic E-state index is 12.2. The summed E-state index contributed by atoms with van der Waals surface area (Å²) in [6, 6.07) is 0.354. The summed E-state index contributed by atoms with van der Waals surface area (Å²) in [4.78, 5) is 14.3. The van der Waals surface area contributed by atoms with Gasteiger partial charge in [-0.3, -0.25) is 4.79 Å². The van der Waals surface area contributed by atoms with E-state index >= 15 is 0 Å². The molecule has 1 rings (SSSR count). The van der Waals surface area contributed by atoms with Crippen LogP contribution in [0.4, 0.5) is 0 Å². The molecule has 1 saturated heterocycles. The van der Waals surface area contributed by atoms with Gasteiger partial charge in [0.1, 0.15) is 0 Å². The summed E-state index contributed by atoms with van der Waals surface area (Å²) in [5.41, 5.74) is 0.408. The van der Waals surface area contributed by atoms with Crippen molar-refractivity contribution in [3.63, 3.8) is 0 Å². The SMILES string of the molecule is CC.CCC1(C)CCN(CC(NC)C(C)(C)C)C(=O)C1. The van der Waals surface area contributed by atoms with Gasteiger partial charge in [-0.25, -0.2) is 0 Å². The Balaban J connectivity index is 0.00000172. The Hall–Kier alpha value is -0.570. The first-order chi connectivity index (χ1) is 9.22. The number of hydrogen-bond acceptors (Lipinski definition) is 2. The Morgan fingerprint density at radius 1 is 1.35 bits per heavy atom. The lowest BCUT2D eigenvalue weighted by molar-refractivity contribution is -0.138. The fraction of sp³-hybridized carbons (Fsp3) is 0.941. The number of carbonyl (C=O) groups is 1. The molecule has 1 fully saturated rings. The highest BCUT2D eigenvalue weighted by Gasteiger charge is 2.35. The number of rotatable bonds is 4. The van der Waals surface area contributed by atoms with Crippen molar-refractivity contribution in [2.24, 2.45) is 10.8 Å². The highest BCUT2D eigenvalue weighted by molar-refractivity contribution is 5.77. The second kappa shape index (κ2) is 8.02. The molecule has 3 heteroatoms. The molecule has 1 heterocycles. The van der Waals surface area contributed by atoms with Crippen LogP contribution in [0, 0.1) is 10.8 Å². The minimum absolute atomic E-state index is 0.181. The van der Waals surface area contributed by atoms with Crippen LogP contribution < -0.4 is 5.32 Å². The van der Waals surface area contributed by atoms with Gasteiger partial charge in [0, 0.05) is 25.6 Å². The Morgan fingerprint density at radius 3 is 2.25 bits per heavy atom. The number of hydrogen-bond donors (Lipinski definition) is 1. The second-order valence-corrected chi connectivity index (χ2v) is 7.14. The molecular weight excluding hydrogens is 248 g/mol. The van der Waals surface area contributed by atoms with Gasteiger partial charge in [-0.2, -0.15) is 0 Å². The van der Waals surface area contributed by atoms with Crippen molar-refractivity contribution in [1.29, 1.82) is 0 Å². The van der Waals surface area contributed by atoms with Crippen LogP contribution >= 0.6 is 0 Å². The molecule has 0 aliphatic carbocycles. The molecule has 0 aromatic rings. The molecule has 0 bridgehead atoms. The molecule has 2 atom stereocenters. The van der Waals surface area contributed by atoms with Crippen LogP contribution in [0.5, 0.6) is 0 Å². The van der Waals surface area contributed by atoms with Gasteiger partial charge in [0.15, 0.2) is 0 Å². The third-order valence-corrected chi connectivity index (χ3v) is 4.57. The molecule has 1 aliphatic heterocycles. The number of amides is 1. The summed E-state index contributed by atoms with van der Waals surface area (Å²) in [5.74, 6) is 0.329. The topological polar surface area (TPSA) is 32.3 Å². The fourth-order valence-corrected chi connectivity index (χ4v) is 2.61. The van der Waals surface area contributed by atoms with E-state index in [1.165, 1.54) is 0 Å². The van der Waals surface area contributed by atoms with Gasteiger partial charge in [0.25, 0.3) is 0 Å². The van der Waals surface area contributed by atoms with E-state index in [4.69, 9.17) is 0 Å². The molecule has 1 N–H and O–H groups in total. The molecule has 20 heavy (non-hydrogen) atoms. The minimum Gasteiger partial charge on any atom is -0.341 e. The van der Waals surface area contributed by atoms with E-state index in [1.807, 2.05) is 25.8 Å². The second-order valence-electron chi connectivity index (χ2n) is 7.14. The summed E-state index contributed by atoms with van der Waals surface area (Å²) in [6.45, 7) is 16.8. The number of likely N-dealkylation sites (N-methyl/N-ethyl adjacent to an activating group) is 1. The van der Waals surface area contributed by atoms with Crippen LogP contribution in [-0.4, -0.2) is 37.0 Å². The van der Waals surface area contributed by atoms with Crippen LogP contribution in [-0.2, 0) is 4.79 Å². The lowest BCUT2D eigenvalue weighted by Crippen LogP contribution is -2.52. The average molecular weight is 284 g/mol. The lowest BCUT2D eigenvalue weighted by Gasteiger charge is -2.41. The summed E-state index contributed by atoms with van der Waals surface area (Å²) >= 11 is 0. The number of piperidine rings is 1. The summed E-state index contributed by atoms with van der Waals surface area (Å²) < 4.78 is 0. The molecule has 0 spiro atoms. The zero-order valence-electron chi connectivity index (χ0n) is 15.0. The van der Waals surface area contributed by atoms with E-state index in [1.54, 1.807) is 0 Å². The molecular formula is C17H36N2O. The van der Waals surface area contributed by atoms with Gasteiger partial charge in [-0.1, -0.05) is 54.9 Å². The molecule has 0 aromatic heterocycles. The molecule has 3 nitrogen and oxygen atoms in total. The molecule has 0 saturated carbocycles. The van der Waals surface area contributed by atoms with Crippen LogP contribution in [0.3, 0.4) is 0 Å². The Labute approximate surface area is 126 Å². The first-order valence-corrected chi connectivity index (χ1v) is 8.17. The van der Waals surface area contributed by atoms with Gasteiger partial charge < -0.3 is 10.2 Å². The molecule has 0 radical (unpaired) electrons. The largest absolute Gasteiger partial charge is 0.341 e. The quantitative estimate of drug-likeness (QED) is 0.854. The van der Waals surface area contributed by atoms with E-state index in [0.717, 1.165) is 25.9 Å². The van der Waals surface area contributed by atoms with Crippen molar-refractivity contribution < 1.29 is 4.79 Å². The van der Waals surface area contributed by atoms with E-state index in [-0.39, 0.29) is 10.8 Å². The molecule has 120 valence electrons. The van der Waals surface area contributed by atoms with Crippen molar-refractivity contribution in [1.82, 2.24) is 10.2 Å². The third-order valence-electron chi connectivity index (χ3n) is 4.57. The molecule has 1 amide bonds. The van der Waals surface area contributed by atoms with Gasteiger partial charge in [-0.05, 0) is 24.3 Å². The van der Waals surface area contributed by atoms with Crippen molar-refractivity contribution >= 4 is 5.91 Å². The first-order valence-electron chi connectivity index (χ1n) is 8.17. The predicted octanol–water partition coefficient (Wildman–Crippen LogP) is 3.69. The maximum Gasteiger partial charge on any atom is 0.223 e. The van der Waals surface area contributed by atoms with Crippen LogP contribution in [0.15, 0.2) is 0 Å². The number of nitrogens with zero attached hydrogens (tertiary/aromatic N) is 1. The van der Waals surface area contributed by atoms with Crippen LogP contribution in [0.25, 0.3) is 0 Å². The van der Waals surface area contributed by atoms with Crippen molar-refractivity contribution in [3.8, 4) is 0 Å². The number of likely N-dealkylation sites (tertiary alicyclic amines) is 1. The third kappa shape index (κ3) is 5.43. The highest BCUT2D eigenvalue weighted by atomic mass is 16.2. The number of carbonyl (C=O) groups excluding carboxylic acids is 1. The zero-order valence-corrected chi connectivity index (χ0v) is 15.0. The monoisotopic (exact) mass is 284 g/mol. The molecule has 1 aliphatic rings. The van der Waals surface area contributed by atoms with Gasteiger partial charge in [-0.15, -0.1) is 0 Å². The van der Waals surface area contributed by atoms with Gasteiger partial charge in [0.2, 0.25) is 5.91 Å². The Bertz CT molecular complexity index is 296. The summed E-state index contributed by atoms with van der Waals surface area (Å²) in [6.07, 6.45) is 2.95.